The largest absolute Gasteiger partial charge is 0.356 e. The van der Waals surface area contributed by atoms with Crippen LogP contribution in [0, 0.1) is 5.92 Å². The molecule has 0 unspecified atom stereocenters. The fourth-order valence-electron chi connectivity index (χ4n) is 3.53. The molecule has 1 aromatic carbocycles. The van der Waals surface area contributed by atoms with E-state index in [2.05, 4.69) is 25.4 Å². The van der Waals surface area contributed by atoms with Crippen molar-refractivity contribution in [3.63, 3.8) is 0 Å². The van der Waals surface area contributed by atoms with E-state index in [1.54, 1.807) is 18.8 Å². The van der Waals surface area contributed by atoms with Gasteiger partial charge in [-0.05, 0) is 37.1 Å². The predicted molar refractivity (Wildman–Crippen MR) is 122 cm³/mol. The molecule has 1 aliphatic carbocycles. The van der Waals surface area contributed by atoms with Gasteiger partial charge < -0.3 is 15.5 Å². The highest BCUT2D eigenvalue weighted by Crippen LogP contribution is 2.28. The molecule has 0 spiro atoms. The fourth-order valence-corrected chi connectivity index (χ4v) is 4.42. The van der Waals surface area contributed by atoms with E-state index in [1.807, 2.05) is 24.3 Å². The molecule has 0 aromatic heterocycles. The van der Waals surface area contributed by atoms with E-state index in [0.29, 0.717) is 11.8 Å². The third kappa shape index (κ3) is 7.08. The molecule has 1 saturated heterocycles. The van der Waals surface area contributed by atoms with Gasteiger partial charge in [-0.15, -0.1) is 11.8 Å². The van der Waals surface area contributed by atoms with Crippen LogP contribution in [0.25, 0.3) is 0 Å². The molecule has 1 aromatic rings. The number of hydrogen-bond donors (Lipinski definition) is 2. The summed E-state index contributed by atoms with van der Waals surface area (Å²) < 4.78 is 0. The quantitative estimate of drug-likeness (QED) is 0.283. The molecule has 2 fully saturated rings. The van der Waals surface area contributed by atoms with Gasteiger partial charge in [0.15, 0.2) is 5.96 Å². The van der Waals surface area contributed by atoms with E-state index >= 15 is 0 Å². The average molecular weight is 438 g/mol. The van der Waals surface area contributed by atoms with Crippen LogP contribution in [0.5, 0.6) is 0 Å². The minimum atomic E-state index is 0.315. The summed E-state index contributed by atoms with van der Waals surface area (Å²) in [6, 6.07) is 7.92. The molecule has 2 N–H and O–H groups in total. The zero-order valence-corrected chi connectivity index (χ0v) is 18.8. The van der Waals surface area contributed by atoms with E-state index in [4.69, 9.17) is 11.6 Å². The van der Waals surface area contributed by atoms with Gasteiger partial charge in [0.25, 0.3) is 0 Å². The lowest BCUT2D eigenvalue weighted by Crippen LogP contribution is -2.52. The van der Waals surface area contributed by atoms with Gasteiger partial charge in [0.2, 0.25) is 5.91 Å². The van der Waals surface area contributed by atoms with Crippen LogP contribution in [-0.4, -0.2) is 80.3 Å². The number of amides is 1. The molecule has 2 aliphatic rings. The van der Waals surface area contributed by atoms with Crippen LogP contribution < -0.4 is 10.6 Å². The summed E-state index contributed by atoms with van der Waals surface area (Å²) in [6.45, 7) is 6.31. The van der Waals surface area contributed by atoms with Crippen molar-refractivity contribution in [1.82, 2.24) is 20.4 Å². The Labute approximate surface area is 183 Å². The van der Waals surface area contributed by atoms with Gasteiger partial charge in [0, 0.05) is 74.4 Å². The summed E-state index contributed by atoms with van der Waals surface area (Å²) in [4.78, 5) is 22.3. The standard InChI is InChI=1S/C21H32ClN5OS/c1-23-21(25-10-16-29-19-7-5-18(22)6-8-19)24-9-11-26-12-14-27(15-13-26)20(28)17-3-2-4-17/h5-8,17H,2-4,9-16H2,1H3,(H2,23,24,25). The van der Waals surface area contributed by atoms with Crippen LogP contribution in [0.15, 0.2) is 34.2 Å². The second kappa shape index (κ2) is 11.7. The number of rotatable bonds is 8. The predicted octanol–water partition coefficient (Wildman–Crippen LogP) is 2.54. The maximum atomic E-state index is 12.3. The molecule has 3 rings (SSSR count). The molecular formula is C21H32ClN5OS. The smallest absolute Gasteiger partial charge is 0.225 e. The highest BCUT2D eigenvalue weighted by atomic mass is 35.5. The summed E-state index contributed by atoms with van der Waals surface area (Å²) in [5.41, 5.74) is 0. The number of nitrogens with zero attached hydrogens (tertiary/aromatic N) is 3. The molecule has 8 heteroatoms. The Kier molecular flexibility index (Phi) is 8.95. The number of nitrogens with one attached hydrogen (secondary N) is 2. The lowest BCUT2D eigenvalue weighted by atomic mass is 9.84. The molecule has 0 radical (unpaired) electrons. The Balaban J connectivity index is 1.25. The van der Waals surface area contributed by atoms with Gasteiger partial charge in [0.1, 0.15) is 0 Å². The number of piperazine rings is 1. The summed E-state index contributed by atoms with van der Waals surface area (Å²) >= 11 is 7.71. The first-order valence-corrected chi connectivity index (χ1v) is 11.9. The second-order valence-electron chi connectivity index (χ2n) is 7.52. The van der Waals surface area contributed by atoms with Gasteiger partial charge in [-0.1, -0.05) is 18.0 Å². The fraction of sp³-hybridized carbons (Fsp3) is 0.619. The topological polar surface area (TPSA) is 60.0 Å². The van der Waals surface area contributed by atoms with Crippen molar-refractivity contribution >= 4 is 35.2 Å². The lowest BCUT2D eigenvalue weighted by molar-refractivity contribution is -0.139. The number of carbonyl (C=O) groups is 1. The summed E-state index contributed by atoms with van der Waals surface area (Å²) in [7, 11) is 1.80. The Hall–Kier alpha value is -1.44. The number of benzene rings is 1. The maximum Gasteiger partial charge on any atom is 0.225 e. The first-order valence-electron chi connectivity index (χ1n) is 10.5. The third-order valence-electron chi connectivity index (χ3n) is 5.56. The minimum absolute atomic E-state index is 0.315. The van der Waals surface area contributed by atoms with Crippen LogP contribution >= 0.6 is 23.4 Å². The number of guanidine groups is 1. The van der Waals surface area contributed by atoms with E-state index < -0.39 is 0 Å². The lowest BCUT2D eigenvalue weighted by Gasteiger charge is -2.38. The van der Waals surface area contributed by atoms with Crippen molar-refractivity contribution in [2.45, 2.75) is 24.2 Å². The van der Waals surface area contributed by atoms with Crippen molar-refractivity contribution in [2.24, 2.45) is 10.9 Å². The summed E-state index contributed by atoms with van der Waals surface area (Å²) in [6.07, 6.45) is 3.40. The second-order valence-corrected chi connectivity index (χ2v) is 9.13. The van der Waals surface area contributed by atoms with Gasteiger partial charge in [-0.2, -0.15) is 0 Å². The van der Waals surface area contributed by atoms with Crippen LogP contribution in [0.1, 0.15) is 19.3 Å². The number of thioether (sulfide) groups is 1. The van der Waals surface area contributed by atoms with Crippen LogP contribution in [0.3, 0.4) is 0 Å². The SMILES string of the molecule is CN=C(NCCSc1ccc(Cl)cc1)NCCN1CCN(C(=O)C2CCC2)CC1. The molecule has 160 valence electrons. The first kappa shape index (κ1) is 22.2. The van der Waals surface area contributed by atoms with Crippen LogP contribution in [0.4, 0.5) is 0 Å². The normalized spacial score (nSPS) is 18.4. The van der Waals surface area contributed by atoms with Crippen molar-refractivity contribution in [3.8, 4) is 0 Å². The Morgan fingerprint density at radius 1 is 1.14 bits per heavy atom. The number of hydrogen-bond acceptors (Lipinski definition) is 4. The summed E-state index contributed by atoms with van der Waals surface area (Å²) in [5.74, 6) is 2.49. The maximum absolute atomic E-state index is 12.3. The highest BCUT2D eigenvalue weighted by Gasteiger charge is 2.30. The zero-order valence-electron chi connectivity index (χ0n) is 17.2. The summed E-state index contributed by atoms with van der Waals surface area (Å²) in [5, 5.41) is 7.51. The molecule has 1 saturated carbocycles. The monoisotopic (exact) mass is 437 g/mol. The van der Waals surface area contributed by atoms with E-state index in [0.717, 1.165) is 75.4 Å². The molecule has 1 heterocycles. The van der Waals surface area contributed by atoms with Crippen LogP contribution in [0.2, 0.25) is 5.02 Å². The van der Waals surface area contributed by atoms with Crippen molar-refractivity contribution in [1.29, 1.82) is 0 Å². The molecular weight excluding hydrogens is 406 g/mol. The minimum Gasteiger partial charge on any atom is -0.356 e. The number of aliphatic imine (C=N–C) groups is 1. The number of halogens is 1. The van der Waals surface area contributed by atoms with Gasteiger partial charge in [0.05, 0.1) is 0 Å². The van der Waals surface area contributed by atoms with Gasteiger partial charge in [-0.3, -0.25) is 14.7 Å². The average Bonchev–Trinajstić information content (AvgIpc) is 2.70. The Bertz CT molecular complexity index is 672. The molecule has 0 atom stereocenters. The number of carbonyl (C=O) groups excluding carboxylic acids is 1. The zero-order chi connectivity index (χ0) is 20.5. The third-order valence-corrected chi connectivity index (χ3v) is 6.83. The molecule has 0 bridgehead atoms. The molecule has 29 heavy (non-hydrogen) atoms. The molecule has 6 nitrogen and oxygen atoms in total. The van der Waals surface area contributed by atoms with E-state index in [9.17, 15) is 4.79 Å². The Morgan fingerprint density at radius 3 is 2.45 bits per heavy atom. The van der Waals surface area contributed by atoms with E-state index in [1.165, 1.54) is 11.3 Å². The van der Waals surface area contributed by atoms with Crippen molar-refractivity contribution in [2.75, 3.05) is 58.6 Å². The first-order chi connectivity index (χ1) is 14.2. The highest BCUT2D eigenvalue weighted by molar-refractivity contribution is 7.99. The van der Waals surface area contributed by atoms with E-state index in [-0.39, 0.29) is 0 Å². The van der Waals surface area contributed by atoms with Gasteiger partial charge >= 0.3 is 0 Å². The Morgan fingerprint density at radius 2 is 1.83 bits per heavy atom. The van der Waals surface area contributed by atoms with Crippen molar-refractivity contribution < 1.29 is 4.79 Å². The van der Waals surface area contributed by atoms with Gasteiger partial charge in [-0.25, -0.2) is 0 Å². The van der Waals surface area contributed by atoms with Crippen LogP contribution in [-0.2, 0) is 4.79 Å². The molecule has 1 amide bonds. The molecule has 1 aliphatic heterocycles. The van der Waals surface area contributed by atoms with Crippen molar-refractivity contribution in [3.05, 3.63) is 29.3 Å².